The lowest BCUT2D eigenvalue weighted by Gasteiger charge is -2.11. The molecule has 0 unspecified atom stereocenters. The van der Waals surface area contributed by atoms with E-state index in [0.717, 1.165) is 22.8 Å². The van der Waals surface area contributed by atoms with Crippen molar-refractivity contribution < 1.29 is 18.0 Å². The Labute approximate surface area is 139 Å². The Morgan fingerprint density at radius 2 is 1.79 bits per heavy atom. The van der Waals surface area contributed by atoms with E-state index in [0.29, 0.717) is 5.69 Å². The molecule has 0 aliphatic heterocycles. The molecular weight excluding hydrogens is 339 g/mol. The lowest BCUT2D eigenvalue weighted by atomic mass is 10.1. The van der Waals surface area contributed by atoms with Crippen molar-refractivity contribution in [3.8, 4) is 10.6 Å². The average molecular weight is 349 g/mol. The van der Waals surface area contributed by atoms with Crippen molar-refractivity contribution in [3.63, 3.8) is 0 Å². The number of aromatic nitrogens is 2. The number of alkyl halides is 3. The van der Waals surface area contributed by atoms with Crippen LogP contribution in [-0.2, 0) is 6.18 Å². The fourth-order valence-electron chi connectivity index (χ4n) is 2.07. The Balaban J connectivity index is 1.81. The summed E-state index contributed by atoms with van der Waals surface area (Å²) in [6, 6.07) is 9.08. The van der Waals surface area contributed by atoms with E-state index in [2.05, 4.69) is 15.3 Å². The first-order chi connectivity index (χ1) is 11.4. The third kappa shape index (κ3) is 3.43. The molecule has 0 spiro atoms. The highest BCUT2D eigenvalue weighted by molar-refractivity contribution is 7.13. The molecular formula is C16H10F3N3OS. The predicted molar refractivity (Wildman–Crippen MR) is 84.7 cm³/mol. The second kappa shape index (κ2) is 6.40. The molecule has 0 radical (unpaired) electrons. The van der Waals surface area contributed by atoms with Crippen molar-refractivity contribution in [2.24, 2.45) is 0 Å². The van der Waals surface area contributed by atoms with Gasteiger partial charge in [0.2, 0.25) is 0 Å². The van der Waals surface area contributed by atoms with E-state index < -0.39 is 23.3 Å². The molecule has 0 fully saturated rings. The molecule has 122 valence electrons. The molecule has 0 bridgehead atoms. The molecule has 0 atom stereocenters. The predicted octanol–water partition coefficient (Wildman–Crippen LogP) is 4.48. The highest BCUT2D eigenvalue weighted by atomic mass is 32.1. The van der Waals surface area contributed by atoms with E-state index in [1.165, 1.54) is 17.4 Å². The minimum Gasteiger partial charge on any atom is -0.322 e. The molecule has 8 heteroatoms. The fourth-order valence-corrected chi connectivity index (χ4v) is 2.72. The van der Waals surface area contributed by atoms with Gasteiger partial charge < -0.3 is 5.32 Å². The van der Waals surface area contributed by atoms with Gasteiger partial charge in [0.25, 0.3) is 5.91 Å². The molecule has 1 amide bonds. The molecule has 3 rings (SSSR count). The quantitative estimate of drug-likeness (QED) is 0.759. The summed E-state index contributed by atoms with van der Waals surface area (Å²) in [5.74, 6) is -0.863. The van der Waals surface area contributed by atoms with Crippen LogP contribution >= 0.6 is 11.3 Å². The molecule has 0 aliphatic rings. The fraction of sp³-hybridized carbons (Fsp3) is 0.0625. The zero-order valence-electron chi connectivity index (χ0n) is 12.0. The number of thiazole rings is 1. The molecule has 1 N–H and O–H groups in total. The maximum atomic E-state index is 12.9. The maximum Gasteiger partial charge on any atom is 0.434 e. The number of pyridine rings is 1. The third-order valence-corrected chi connectivity index (χ3v) is 3.97. The van der Waals surface area contributed by atoms with E-state index in [1.807, 2.05) is 5.38 Å². The van der Waals surface area contributed by atoms with Crippen LogP contribution in [0.25, 0.3) is 10.6 Å². The van der Waals surface area contributed by atoms with Gasteiger partial charge in [0.1, 0.15) is 5.01 Å². The van der Waals surface area contributed by atoms with E-state index >= 15 is 0 Å². The van der Waals surface area contributed by atoms with E-state index in [1.54, 1.807) is 30.5 Å². The minimum atomic E-state index is -4.69. The van der Waals surface area contributed by atoms with Gasteiger partial charge in [-0.3, -0.25) is 9.78 Å². The molecule has 2 aromatic heterocycles. The Morgan fingerprint density at radius 1 is 1.04 bits per heavy atom. The van der Waals surface area contributed by atoms with Crippen LogP contribution in [0.1, 0.15) is 16.1 Å². The molecule has 1 aromatic carbocycles. The summed E-state index contributed by atoms with van der Waals surface area (Å²) >= 11 is 1.47. The second-order valence-electron chi connectivity index (χ2n) is 4.77. The number of carbonyl (C=O) groups excluding carboxylic acids is 1. The summed E-state index contributed by atoms with van der Waals surface area (Å²) in [7, 11) is 0. The number of benzene rings is 1. The molecule has 4 nitrogen and oxygen atoms in total. The molecule has 0 saturated carbocycles. The highest BCUT2D eigenvalue weighted by Crippen LogP contribution is 2.30. The number of amides is 1. The van der Waals surface area contributed by atoms with E-state index in [-0.39, 0.29) is 0 Å². The summed E-state index contributed by atoms with van der Waals surface area (Å²) in [4.78, 5) is 19.6. The highest BCUT2D eigenvalue weighted by Gasteiger charge is 2.36. The smallest absolute Gasteiger partial charge is 0.322 e. The number of anilines is 1. The van der Waals surface area contributed by atoms with Crippen LogP contribution in [0, 0.1) is 0 Å². The number of nitrogens with one attached hydrogen (secondary N) is 1. The molecule has 3 aromatic rings. The van der Waals surface area contributed by atoms with Gasteiger partial charge in [0, 0.05) is 29.0 Å². The second-order valence-corrected chi connectivity index (χ2v) is 5.66. The number of rotatable bonds is 3. The monoisotopic (exact) mass is 349 g/mol. The van der Waals surface area contributed by atoms with Crippen LogP contribution in [-0.4, -0.2) is 15.9 Å². The summed E-state index contributed by atoms with van der Waals surface area (Å²) in [5.41, 5.74) is -0.478. The zero-order valence-corrected chi connectivity index (χ0v) is 12.9. The van der Waals surface area contributed by atoms with Crippen LogP contribution in [0.4, 0.5) is 18.9 Å². The van der Waals surface area contributed by atoms with Gasteiger partial charge in [-0.05, 0) is 36.4 Å². The van der Waals surface area contributed by atoms with Crippen LogP contribution in [0.2, 0.25) is 0 Å². The zero-order chi connectivity index (χ0) is 17.2. The maximum absolute atomic E-state index is 12.9. The summed E-state index contributed by atoms with van der Waals surface area (Å²) in [5, 5.41) is 5.11. The van der Waals surface area contributed by atoms with Crippen molar-refractivity contribution in [2.45, 2.75) is 6.18 Å². The first kappa shape index (κ1) is 16.1. The third-order valence-electron chi connectivity index (χ3n) is 3.14. The minimum absolute atomic E-state index is 0.386. The van der Waals surface area contributed by atoms with Gasteiger partial charge in [-0.1, -0.05) is 0 Å². The number of hydrogen-bond acceptors (Lipinski definition) is 4. The topological polar surface area (TPSA) is 54.9 Å². The Bertz CT molecular complexity index is 846. The Morgan fingerprint density at radius 3 is 2.42 bits per heavy atom. The average Bonchev–Trinajstić information content (AvgIpc) is 3.09. The van der Waals surface area contributed by atoms with Gasteiger partial charge in [-0.15, -0.1) is 11.3 Å². The number of halogens is 3. The lowest BCUT2D eigenvalue weighted by molar-refractivity contribution is -0.141. The van der Waals surface area contributed by atoms with Crippen molar-refractivity contribution in [1.29, 1.82) is 0 Å². The normalized spacial score (nSPS) is 11.3. The van der Waals surface area contributed by atoms with Gasteiger partial charge >= 0.3 is 6.18 Å². The standard InChI is InChI=1S/C16H10F3N3OS/c17-16(18,19)13-12(2-1-7-20-13)14(23)22-11-5-3-10(4-6-11)15-21-8-9-24-15/h1-9H,(H,22,23). The van der Waals surface area contributed by atoms with Crippen LogP contribution in [0.15, 0.2) is 54.2 Å². The number of hydrogen-bond donors (Lipinski definition) is 1. The van der Waals surface area contributed by atoms with Crippen molar-refractivity contribution in [3.05, 3.63) is 65.4 Å². The van der Waals surface area contributed by atoms with Crippen LogP contribution < -0.4 is 5.32 Å². The summed E-state index contributed by atoms with van der Waals surface area (Å²) < 4.78 is 38.7. The van der Waals surface area contributed by atoms with Crippen molar-refractivity contribution in [2.75, 3.05) is 5.32 Å². The number of nitrogens with zero attached hydrogens (tertiary/aromatic N) is 2. The Kier molecular flexibility index (Phi) is 4.30. The van der Waals surface area contributed by atoms with Crippen LogP contribution in [0.3, 0.4) is 0 Å². The van der Waals surface area contributed by atoms with Gasteiger partial charge in [0.15, 0.2) is 5.69 Å². The summed E-state index contributed by atoms with van der Waals surface area (Å²) in [6.07, 6.45) is -2.01. The Hall–Kier alpha value is -2.74. The van der Waals surface area contributed by atoms with Gasteiger partial charge in [-0.25, -0.2) is 4.98 Å². The first-order valence-corrected chi connectivity index (χ1v) is 7.66. The molecule has 2 heterocycles. The summed E-state index contributed by atoms with van der Waals surface area (Å²) in [6.45, 7) is 0. The van der Waals surface area contributed by atoms with E-state index in [4.69, 9.17) is 0 Å². The largest absolute Gasteiger partial charge is 0.434 e. The SMILES string of the molecule is O=C(Nc1ccc(-c2nccs2)cc1)c1cccnc1C(F)(F)F. The van der Waals surface area contributed by atoms with E-state index in [9.17, 15) is 18.0 Å². The number of carbonyl (C=O) groups is 1. The first-order valence-electron chi connectivity index (χ1n) is 6.78. The molecule has 0 aliphatic carbocycles. The molecule has 0 saturated heterocycles. The molecule has 24 heavy (non-hydrogen) atoms. The van der Waals surface area contributed by atoms with Gasteiger partial charge in [-0.2, -0.15) is 13.2 Å². The van der Waals surface area contributed by atoms with Crippen molar-refractivity contribution >= 4 is 22.9 Å². The van der Waals surface area contributed by atoms with Gasteiger partial charge in [0.05, 0.1) is 5.56 Å². The van der Waals surface area contributed by atoms with Crippen molar-refractivity contribution in [1.82, 2.24) is 9.97 Å². The van der Waals surface area contributed by atoms with Crippen LogP contribution in [0.5, 0.6) is 0 Å². The lowest BCUT2D eigenvalue weighted by Crippen LogP contribution is -2.20.